The van der Waals surface area contributed by atoms with Gasteiger partial charge in [0.25, 0.3) is 11.8 Å². The van der Waals surface area contributed by atoms with Crippen molar-refractivity contribution in [2.24, 2.45) is 0 Å². The Morgan fingerprint density at radius 1 is 1.31 bits per heavy atom. The number of carbonyl (C=O) groups is 4. The van der Waals surface area contributed by atoms with Crippen molar-refractivity contribution in [3.63, 3.8) is 0 Å². The third kappa shape index (κ3) is 5.54. The lowest BCUT2D eigenvalue weighted by Gasteiger charge is -2.23. The van der Waals surface area contributed by atoms with Crippen LogP contribution >= 0.6 is 11.3 Å². The van der Waals surface area contributed by atoms with Crippen LogP contribution in [0.3, 0.4) is 0 Å². The number of thiophene rings is 1. The molecule has 160 valence electrons. The van der Waals surface area contributed by atoms with Crippen LogP contribution in [0.4, 0.5) is 5.00 Å². The van der Waals surface area contributed by atoms with Gasteiger partial charge in [-0.15, -0.1) is 11.3 Å². The maximum Gasteiger partial charge on any atom is 0.265 e. The Morgan fingerprint density at radius 3 is 2.59 bits per heavy atom. The summed E-state index contributed by atoms with van der Waals surface area (Å²) in [6.07, 6.45) is 0.684. The van der Waals surface area contributed by atoms with Crippen molar-refractivity contribution >= 4 is 40.5 Å². The second-order valence-corrected chi connectivity index (χ2v) is 8.85. The quantitative estimate of drug-likeness (QED) is 0.548. The van der Waals surface area contributed by atoms with Gasteiger partial charge in [-0.3, -0.25) is 24.0 Å². The second-order valence-electron chi connectivity index (χ2n) is 7.80. The highest BCUT2D eigenvalue weighted by Crippen LogP contribution is 2.36. The smallest absolute Gasteiger partial charge is 0.265 e. The van der Waals surface area contributed by atoms with E-state index in [4.69, 9.17) is 4.84 Å². The maximum atomic E-state index is 13.1. The Bertz CT molecular complexity index is 786. The van der Waals surface area contributed by atoms with Gasteiger partial charge in [-0.1, -0.05) is 20.8 Å². The zero-order valence-corrected chi connectivity index (χ0v) is 18.3. The molecule has 0 saturated carbocycles. The van der Waals surface area contributed by atoms with Gasteiger partial charge in [-0.25, -0.2) is 5.06 Å². The van der Waals surface area contributed by atoms with Crippen LogP contribution in [0.25, 0.3) is 0 Å². The molecule has 10 heteroatoms. The van der Waals surface area contributed by atoms with E-state index in [1.54, 1.807) is 11.0 Å². The number of carbonyl (C=O) groups excluding carboxylic acids is 4. The summed E-state index contributed by atoms with van der Waals surface area (Å²) in [6, 6.07) is 1.81. The van der Waals surface area contributed by atoms with Crippen LogP contribution in [0.1, 0.15) is 42.4 Å². The molecule has 1 aliphatic heterocycles. The van der Waals surface area contributed by atoms with Gasteiger partial charge in [0.2, 0.25) is 12.3 Å². The first-order valence-corrected chi connectivity index (χ1v) is 10.1. The van der Waals surface area contributed by atoms with Crippen LogP contribution < -0.4 is 5.32 Å². The van der Waals surface area contributed by atoms with Crippen molar-refractivity contribution in [3.8, 4) is 0 Å². The van der Waals surface area contributed by atoms with E-state index in [-0.39, 0.29) is 49.2 Å². The van der Waals surface area contributed by atoms with Crippen molar-refractivity contribution in [3.05, 3.63) is 16.5 Å². The third-order valence-electron chi connectivity index (χ3n) is 4.72. The lowest BCUT2D eigenvalue weighted by atomic mass is 9.94. The van der Waals surface area contributed by atoms with E-state index in [0.717, 1.165) is 9.94 Å². The molecule has 2 heterocycles. The zero-order chi connectivity index (χ0) is 21.8. The highest BCUT2D eigenvalue weighted by Gasteiger charge is 2.29. The number of likely N-dealkylation sites (N-methyl/N-ethyl adjacent to an activating group) is 1. The molecule has 2 rings (SSSR count). The van der Waals surface area contributed by atoms with Crippen LogP contribution in [0, 0.1) is 0 Å². The average molecular weight is 425 g/mol. The lowest BCUT2D eigenvalue weighted by molar-refractivity contribution is -0.171. The van der Waals surface area contributed by atoms with Crippen LogP contribution in [-0.2, 0) is 24.6 Å². The predicted octanol–water partition coefficient (Wildman–Crippen LogP) is 1.31. The topological polar surface area (TPSA) is 99.3 Å². The molecule has 29 heavy (non-hydrogen) atoms. The number of hydroxylamine groups is 2. The standard InChI is InChI=1S/C19H28N4O5S/c1-19(2,3)14-10-13(17(29-14)20-12-24)18(27)22-7-6-15(25)23(9-8-22)11-16(26)21(4)28-5/h10,12H,6-9,11H2,1-5H3,(H,20,24). The minimum absolute atomic E-state index is 0.101. The van der Waals surface area contributed by atoms with Crippen LogP contribution in [-0.4, -0.2) is 79.3 Å². The van der Waals surface area contributed by atoms with Crippen LogP contribution in [0.15, 0.2) is 6.07 Å². The molecule has 4 amide bonds. The number of nitrogens with zero attached hydrogens (tertiary/aromatic N) is 3. The molecular formula is C19H28N4O5S. The van der Waals surface area contributed by atoms with Gasteiger partial charge in [0.1, 0.15) is 11.5 Å². The van der Waals surface area contributed by atoms with Crippen molar-refractivity contribution < 1.29 is 24.0 Å². The largest absolute Gasteiger partial charge is 0.336 e. The summed E-state index contributed by atoms with van der Waals surface area (Å²) in [4.78, 5) is 57.4. The fourth-order valence-electron chi connectivity index (χ4n) is 2.85. The Kier molecular flexibility index (Phi) is 7.37. The van der Waals surface area contributed by atoms with E-state index in [2.05, 4.69) is 5.32 Å². The summed E-state index contributed by atoms with van der Waals surface area (Å²) >= 11 is 1.37. The van der Waals surface area contributed by atoms with E-state index in [9.17, 15) is 19.2 Å². The first-order valence-electron chi connectivity index (χ1n) is 9.30. The molecule has 1 aliphatic rings. The van der Waals surface area contributed by atoms with Crippen molar-refractivity contribution in [1.29, 1.82) is 0 Å². The molecule has 0 aliphatic carbocycles. The highest BCUT2D eigenvalue weighted by molar-refractivity contribution is 7.16. The van der Waals surface area contributed by atoms with Gasteiger partial charge in [0.05, 0.1) is 12.7 Å². The van der Waals surface area contributed by atoms with Crippen molar-refractivity contribution in [1.82, 2.24) is 14.9 Å². The first kappa shape index (κ1) is 22.8. The lowest BCUT2D eigenvalue weighted by Crippen LogP contribution is -2.42. The summed E-state index contributed by atoms with van der Waals surface area (Å²) in [7, 11) is 2.85. The minimum Gasteiger partial charge on any atom is -0.336 e. The van der Waals surface area contributed by atoms with Gasteiger partial charge in [-0.2, -0.15) is 0 Å². The SMILES string of the molecule is CON(C)C(=O)CN1CCN(C(=O)c2cc(C(C)(C)C)sc2NC=O)CCC1=O. The van der Waals surface area contributed by atoms with E-state index >= 15 is 0 Å². The molecule has 0 spiro atoms. The van der Waals surface area contributed by atoms with E-state index < -0.39 is 0 Å². The van der Waals surface area contributed by atoms with Crippen LogP contribution in [0.2, 0.25) is 0 Å². The molecule has 1 N–H and O–H groups in total. The summed E-state index contributed by atoms with van der Waals surface area (Å²) in [5.74, 6) is -0.771. The molecule has 0 unspecified atom stereocenters. The number of hydrogen-bond acceptors (Lipinski definition) is 6. The summed E-state index contributed by atoms with van der Waals surface area (Å²) < 4.78 is 0. The molecule has 1 aromatic rings. The Labute approximate surface area is 174 Å². The second kappa shape index (κ2) is 9.36. The fraction of sp³-hybridized carbons (Fsp3) is 0.579. The molecule has 0 bridgehead atoms. The number of anilines is 1. The zero-order valence-electron chi connectivity index (χ0n) is 17.5. The first-order chi connectivity index (χ1) is 13.6. The van der Waals surface area contributed by atoms with Gasteiger partial charge in [0, 0.05) is 38.0 Å². The summed E-state index contributed by atoms with van der Waals surface area (Å²) in [5.41, 5.74) is 0.255. The fourth-order valence-corrected chi connectivity index (χ4v) is 3.92. The molecule has 1 saturated heterocycles. The van der Waals surface area contributed by atoms with Gasteiger partial charge in [0.15, 0.2) is 0 Å². The number of amides is 4. The monoisotopic (exact) mass is 424 g/mol. The molecule has 9 nitrogen and oxygen atoms in total. The van der Waals surface area contributed by atoms with E-state index in [1.807, 2.05) is 20.8 Å². The molecular weight excluding hydrogens is 396 g/mol. The minimum atomic E-state index is -0.342. The van der Waals surface area contributed by atoms with Crippen LogP contribution in [0.5, 0.6) is 0 Å². The molecule has 0 radical (unpaired) electrons. The molecule has 0 aromatic carbocycles. The third-order valence-corrected chi connectivity index (χ3v) is 6.21. The Morgan fingerprint density at radius 2 is 2.00 bits per heavy atom. The number of hydrogen-bond donors (Lipinski definition) is 1. The molecule has 1 fully saturated rings. The number of rotatable bonds is 6. The van der Waals surface area contributed by atoms with Gasteiger partial charge >= 0.3 is 0 Å². The predicted molar refractivity (Wildman–Crippen MR) is 110 cm³/mol. The normalized spacial score (nSPS) is 15.1. The molecule has 1 aromatic heterocycles. The summed E-state index contributed by atoms with van der Waals surface area (Å²) in [6.45, 7) is 6.81. The Balaban J connectivity index is 2.16. The van der Waals surface area contributed by atoms with Gasteiger partial charge in [-0.05, 0) is 11.5 Å². The molecule has 0 atom stereocenters. The average Bonchev–Trinajstić information content (AvgIpc) is 3.01. The Hall–Kier alpha value is -2.46. The van der Waals surface area contributed by atoms with E-state index in [0.29, 0.717) is 23.5 Å². The van der Waals surface area contributed by atoms with Gasteiger partial charge < -0.3 is 15.1 Å². The number of nitrogens with one attached hydrogen (secondary N) is 1. The van der Waals surface area contributed by atoms with Crippen molar-refractivity contribution in [2.75, 3.05) is 45.7 Å². The van der Waals surface area contributed by atoms with E-state index in [1.165, 1.54) is 30.4 Å². The maximum absolute atomic E-state index is 13.1. The van der Waals surface area contributed by atoms with Crippen molar-refractivity contribution in [2.45, 2.75) is 32.6 Å². The summed E-state index contributed by atoms with van der Waals surface area (Å²) in [5, 5.41) is 4.18. The highest BCUT2D eigenvalue weighted by atomic mass is 32.1.